The Labute approximate surface area is 91.1 Å². The molecule has 0 unspecified atom stereocenters. The maximum Gasteiger partial charge on any atom is 0.228 e. The summed E-state index contributed by atoms with van der Waals surface area (Å²) in [5.41, 5.74) is 0.0662. The molecule has 16 heavy (non-hydrogen) atoms. The Morgan fingerprint density at radius 2 is 2.00 bits per heavy atom. The topological polar surface area (TPSA) is 69.2 Å². The Balaban J connectivity index is 1.99. The van der Waals surface area contributed by atoms with Gasteiger partial charge in [-0.05, 0) is 18.6 Å². The predicted molar refractivity (Wildman–Crippen MR) is 51.6 cm³/mol. The van der Waals surface area contributed by atoms with Crippen LogP contribution in [-0.4, -0.2) is 11.9 Å². The maximum absolute atomic E-state index is 13.1. The van der Waals surface area contributed by atoms with E-state index in [4.69, 9.17) is 0 Å². The number of carbonyl (C=O) groups excluding carboxylic acids is 2. The third kappa shape index (κ3) is 2.03. The van der Waals surface area contributed by atoms with E-state index in [1.165, 1.54) is 18.2 Å². The fourth-order valence-corrected chi connectivity index (χ4v) is 1.53. The van der Waals surface area contributed by atoms with E-state index in [0.717, 1.165) is 0 Å². The van der Waals surface area contributed by atoms with Crippen LogP contribution in [0.25, 0.3) is 0 Å². The van der Waals surface area contributed by atoms with Crippen LogP contribution in [0.2, 0.25) is 0 Å². The van der Waals surface area contributed by atoms with Crippen LogP contribution in [0.3, 0.4) is 0 Å². The molecule has 1 aliphatic carbocycles. The van der Waals surface area contributed by atoms with Gasteiger partial charge in [0.15, 0.2) is 0 Å². The molecule has 0 aliphatic heterocycles. The van der Waals surface area contributed by atoms with Gasteiger partial charge in [-0.1, -0.05) is 12.1 Å². The van der Waals surface area contributed by atoms with E-state index in [1.807, 2.05) is 0 Å². The molecule has 1 N–H and O–H groups in total. The van der Waals surface area contributed by atoms with Gasteiger partial charge in [-0.15, -0.1) is 0 Å². The van der Waals surface area contributed by atoms with Crippen LogP contribution >= 0.6 is 0 Å². The van der Waals surface area contributed by atoms with Gasteiger partial charge in [0, 0.05) is 17.8 Å². The molecule has 2 rings (SSSR count). The highest BCUT2D eigenvalue weighted by Crippen LogP contribution is 2.38. The number of carbonyl (C=O) groups is 2. The molecule has 0 bridgehead atoms. The molecule has 1 aromatic carbocycles. The van der Waals surface area contributed by atoms with E-state index in [0.29, 0.717) is 0 Å². The quantitative estimate of drug-likeness (QED) is 0.791. The molecule has 2 atom stereocenters. The second-order valence-electron chi connectivity index (χ2n) is 3.74. The Kier molecular flexibility index (Phi) is 2.60. The van der Waals surface area contributed by atoms with Gasteiger partial charge < -0.3 is 15.2 Å². The average molecular weight is 222 g/mol. The number of para-hydroxylation sites is 1. The number of aliphatic carboxylic acids is 1. The standard InChI is InChI=1S/C11H10FNO3/c12-8-3-1-2-4-9(8)13-10(14)6-5-7(6)11(15)16/h1-4,6-7H,5H2,(H,13,14)(H,15,16)/p-1/t6-,7-/m0/s1. The van der Waals surface area contributed by atoms with Gasteiger partial charge in [-0.2, -0.15) is 0 Å². The van der Waals surface area contributed by atoms with Gasteiger partial charge in [0.2, 0.25) is 5.91 Å². The minimum absolute atomic E-state index is 0.0662. The number of hydrogen-bond donors (Lipinski definition) is 1. The fourth-order valence-electron chi connectivity index (χ4n) is 1.53. The molecule has 4 nitrogen and oxygen atoms in total. The smallest absolute Gasteiger partial charge is 0.228 e. The Bertz CT molecular complexity index is 447. The number of benzene rings is 1. The normalized spacial score (nSPS) is 22.6. The van der Waals surface area contributed by atoms with E-state index in [1.54, 1.807) is 6.07 Å². The van der Waals surface area contributed by atoms with Crippen LogP contribution in [0.5, 0.6) is 0 Å². The lowest BCUT2D eigenvalue weighted by atomic mass is 10.2. The molecule has 1 saturated carbocycles. The largest absolute Gasteiger partial charge is 0.550 e. The lowest BCUT2D eigenvalue weighted by Crippen LogP contribution is -2.27. The van der Waals surface area contributed by atoms with E-state index < -0.39 is 29.5 Å². The van der Waals surface area contributed by atoms with Gasteiger partial charge in [-0.25, -0.2) is 4.39 Å². The predicted octanol–water partition coefficient (Wildman–Crippen LogP) is 0.150. The van der Waals surface area contributed by atoms with E-state index >= 15 is 0 Å². The van der Waals surface area contributed by atoms with Gasteiger partial charge >= 0.3 is 0 Å². The van der Waals surface area contributed by atoms with E-state index in [2.05, 4.69) is 5.32 Å². The number of nitrogens with one attached hydrogen (secondary N) is 1. The molecule has 84 valence electrons. The molecule has 1 fully saturated rings. The summed E-state index contributed by atoms with van der Waals surface area (Å²) in [5, 5.41) is 12.8. The molecule has 0 aromatic heterocycles. The molecular weight excluding hydrogens is 213 g/mol. The van der Waals surface area contributed by atoms with Gasteiger partial charge in [0.05, 0.1) is 5.69 Å². The first-order valence-electron chi connectivity index (χ1n) is 4.86. The molecular formula is C11H9FNO3-. The number of rotatable bonds is 3. The van der Waals surface area contributed by atoms with Crippen LogP contribution < -0.4 is 10.4 Å². The summed E-state index contributed by atoms with van der Waals surface area (Å²) in [6, 6.07) is 5.73. The summed E-state index contributed by atoms with van der Waals surface area (Å²) < 4.78 is 13.1. The Morgan fingerprint density at radius 1 is 1.31 bits per heavy atom. The maximum atomic E-state index is 13.1. The fraction of sp³-hybridized carbons (Fsp3) is 0.273. The SMILES string of the molecule is O=C([O-])[C@H]1C[C@@H]1C(=O)Nc1ccccc1F. The minimum Gasteiger partial charge on any atom is -0.550 e. The highest BCUT2D eigenvalue weighted by Gasteiger charge is 2.44. The van der Waals surface area contributed by atoms with Crippen molar-refractivity contribution in [3.63, 3.8) is 0 Å². The molecule has 0 radical (unpaired) electrons. The first-order chi connectivity index (χ1) is 7.59. The summed E-state index contributed by atoms with van der Waals surface area (Å²) >= 11 is 0. The lowest BCUT2D eigenvalue weighted by Gasteiger charge is -2.05. The summed E-state index contributed by atoms with van der Waals surface area (Å²) in [7, 11) is 0. The second-order valence-corrected chi connectivity index (χ2v) is 3.74. The van der Waals surface area contributed by atoms with Crippen LogP contribution in [-0.2, 0) is 9.59 Å². The summed E-state index contributed by atoms with van der Waals surface area (Å²) in [6.07, 6.45) is 0.266. The van der Waals surface area contributed by atoms with Crippen LogP contribution in [0, 0.1) is 17.7 Å². The van der Waals surface area contributed by atoms with Crippen molar-refractivity contribution in [1.29, 1.82) is 0 Å². The van der Waals surface area contributed by atoms with Gasteiger partial charge in [-0.3, -0.25) is 4.79 Å². The van der Waals surface area contributed by atoms with Crippen molar-refractivity contribution >= 4 is 17.6 Å². The summed E-state index contributed by atoms with van der Waals surface area (Å²) in [6.45, 7) is 0. The molecule has 1 amide bonds. The number of amides is 1. The van der Waals surface area contributed by atoms with Gasteiger partial charge in [0.1, 0.15) is 5.82 Å². The molecule has 1 aromatic rings. The third-order valence-electron chi connectivity index (χ3n) is 2.56. The minimum atomic E-state index is -1.23. The first kappa shape index (κ1) is 10.6. The van der Waals surface area contributed by atoms with Crippen molar-refractivity contribution < 1.29 is 19.1 Å². The van der Waals surface area contributed by atoms with Crippen LogP contribution in [0.15, 0.2) is 24.3 Å². The molecule has 0 spiro atoms. The third-order valence-corrected chi connectivity index (χ3v) is 2.56. The summed E-state index contributed by atoms with van der Waals surface area (Å²) in [5.74, 6) is -3.56. The molecule has 0 saturated heterocycles. The van der Waals surface area contributed by atoms with Crippen molar-refractivity contribution in [1.82, 2.24) is 0 Å². The zero-order valence-electron chi connectivity index (χ0n) is 8.27. The monoisotopic (exact) mass is 222 g/mol. The second kappa shape index (κ2) is 3.92. The van der Waals surface area contributed by atoms with Crippen LogP contribution in [0.4, 0.5) is 10.1 Å². The number of anilines is 1. The molecule has 5 heteroatoms. The number of carboxylic acids is 1. The lowest BCUT2D eigenvalue weighted by molar-refractivity contribution is -0.308. The zero-order valence-corrected chi connectivity index (χ0v) is 8.27. The Hall–Kier alpha value is -1.91. The van der Waals surface area contributed by atoms with Crippen LogP contribution in [0.1, 0.15) is 6.42 Å². The zero-order chi connectivity index (χ0) is 11.7. The number of hydrogen-bond acceptors (Lipinski definition) is 3. The average Bonchev–Trinajstić information content (AvgIpc) is 3.01. The Morgan fingerprint density at radius 3 is 2.56 bits per heavy atom. The first-order valence-corrected chi connectivity index (χ1v) is 4.86. The highest BCUT2D eigenvalue weighted by molar-refractivity contribution is 5.97. The van der Waals surface area contributed by atoms with E-state index in [-0.39, 0.29) is 12.1 Å². The summed E-state index contributed by atoms with van der Waals surface area (Å²) in [4.78, 5) is 21.9. The van der Waals surface area contributed by atoms with Gasteiger partial charge in [0.25, 0.3) is 0 Å². The van der Waals surface area contributed by atoms with Crippen molar-refractivity contribution in [3.8, 4) is 0 Å². The van der Waals surface area contributed by atoms with Crippen molar-refractivity contribution in [3.05, 3.63) is 30.1 Å². The van der Waals surface area contributed by atoms with Crippen molar-refractivity contribution in [2.45, 2.75) is 6.42 Å². The highest BCUT2D eigenvalue weighted by atomic mass is 19.1. The molecule has 1 aliphatic rings. The molecule has 0 heterocycles. The van der Waals surface area contributed by atoms with E-state index in [9.17, 15) is 19.1 Å². The van der Waals surface area contributed by atoms with Crippen molar-refractivity contribution in [2.24, 2.45) is 11.8 Å². The van der Waals surface area contributed by atoms with Crippen molar-refractivity contribution in [2.75, 3.05) is 5.32 Å². The number of carboxylic acid groups (broad SMARTS) is 1. The number of halogens is 1.